The SMILES string of the molecule is C[C@@]12CCCc3coc(c31)C(=O)c1cc3c(cc12)C(=O)C(=O)C(Cl)=C3O. The second-order valence-electron chi connectivity index (χ2n) is 7.24. The summed E-state index contributed by atoms with van der Waals surface area (Å²) in [6.45, 7) is 2.03. The quantitative estimate of drug-likeness (QED) is 0.717. The number of halogens is 1. The molecule has 3 aliphatic carbocycles. The van der Waals surface area contributed by atoms with Crippen molar-refractivity contribution in [2.24, 2.45) is 0 Å². The predicted molar refractivity (Wildman–Crippen MR) is 92.7 cm³/mol. The smallest absolute Gasteiger partial charge is 0.248 e. The van der Waals surface area contributed by atoms with Gasteiger partial charge in [-0.25, -0.2) is 0 Å². The summed E-state index contributed by atoms with van der Waals surface area (Å²) < 4.78 is 5.58. The highest BCUT2D eigenvalue weighted by Crippen LogP contribution is 2.50. The Morgan fingerprint density at radius 1 is 1.08 bits per heavy atom. The first-order chi connectivity index (χ1) is 12.3. The molecule has 0 saturated carbocycles. The van der Waals surface area contributed by atoms with E-state index in [1.54, 1.807) is 12.3 Å². The van der Waals surface area contributed by atoms with Gasteiger partial charge >= 0.3 is 0 Å². The van der Waals surface area contributed by atoms with Gasteiger partial charge in [-0.15, -0.1) is 0 Å². The number of furan rings is 1. The highest BCUT2D eigenvalue weighted by atomic mass is 35.5. The minimum atomic E-state index is -0.933. The largest absolute Gasteiger partial charge is 0.506 e. The van der Waals surface area contributed by atoms with Gasteiger partial charge in [0.2, 0.25) is 17.3 Å². The fourth-order valence-corrected chi connectivity index (χ4v) is 4.76. The van der Waals surface area contributed by atoms with Gasteiger partial charge in [-0.2, -0.15) is 0 Å². The molecule has 26 heavy (non-hydrogen) atoms. The number of aliphatic hydroxyl groups is 1. The van der Waals surface area contributed by atoms with E-state index in [4.69, 9.17) is 16.0 Å². The molecular weight excluding hydrogens is 356 g/mol. The fraction of sp³-hybridized carbons (Fsp3) is 0.250. The lowest BCUT2D eigenvalue weighted by Gasteiger charge is -2.39. The van der Waals surface area contributed by atoms with Crippen molar-refractivity contribution in [2.75, 3.05) is 0 Å². The van der Waals surface area contributed by atoms with Gasteiger partial charge in [0.25, 0.3) is 0 Å². The summed E-state index contributed by atoms with van der Waals surface area (Å²) in [5.41, 5.74) is 2.69. The van der Waals surface area contributed by atoms with Gasteiger partial charge in [0.15, 0.2) is 5.76 Å². The molecule has 1 aromatic heterocycles. The van der Waals surface area contributed by atoms with Crippen LogP contribution in [0.15, 0.2) is 27.8 Å². The second kappa shape index (κ2) is 4.74. The molecule has 0 amide bonds. The zero-order chi connectivity index (χ0) is 18.4. The zero-order valence-electron chi connectivity index (χ0n) is 13.8. The van der Waals surface area contributed by atoms with Crippen molar-refractivity contribution >= 4 is 34.7 Å². The molecule has 0 bridgehead atoms. The monoisotopic (exact) mass is 368 g/mol. The van der Waals surface area contributed by atoms with Crippen molar-refractivity contribution in [2.45, 2.75) is 31.6 Å². The van der Waals surface area contributed by atoms with Crippen LogP contribution in [0.2, 0.25) is 0 Å². The lowest BCUT2D eigenvalue weighted by molar-refractivity contribution is -0.111. The minimum Gasteiger partial charge on any atom is -0.506 e. The van der Waals surface area contributed by atoms with Gasteiger partial charge in [0.1, 0.15) is 10.8 Å². The maximum Gasteiger partial charge on any atom is 0.248 e. The number of hydrogen-bond donors (Lipinski definition) is 1. The number of ketones is 3. The van der Waals surface area contributed by atoms with Crippen LogP contribution in [0.3, 0.4) is 0 Å². The summed E-state index contributed by atoms with van der Waals surface area (Å²) in [4.78, 5) is 37.4. The third-order valence-corrected chi connectivity index (χ3v) is 6.21. The van der Waals surface area contributed by atoms with Crippen LogP contribution in [0, 0.1) is 0 Å². The molecule has 0 spiro atoms. The Morgan fingerprint density at radius 3 is 2.62 bits per heavy atom. The van der Waals surface area contributed by atoms with E-state index < -0.39 is 27.8 Å². The van der Waals surface area contributed by atoms with Crippen LogP contribution >= 0.6 is 11.6 Å². The lowest BCUT2D eigenvalue weighted by Crippen LogP contribution is -2.36. The van der Waals surface area contributed by atoms with Crippen molar-refractivity contribution < 1.29 is 23.9 Å². The Bertz CT molecular complexity index is 1100. The second-order valence-corrected chi connectivity index (χ2v) is 7.62. The van der Waals surface area contributed by atoms with Gasteiger partial charge in [0, 0.05) is 27.7 Å². The van der Waals surface area contributed by atoms with Gasteiger partial charge < -0.3 is 9.52 Å². The average Bonchev–Trinajstić information content (AvgIpc) is 3.08. The van der Waals surface area contributed by atoms with Crippen molar-refractivity contribution in [1.82, 2.24) is 0 Å². The van der Waals surface area contributed by atoms with E-state index in [9.17, 15) is 19.5 Å². The number of benzene rings is 1. The molecule has 1 aromatic carbocycles. The number of fused-ring (bicyclic) bond motifs is 3. The number of allylic oxidation sites excluding steroid dienone is 1. The molecule has 0 unspecified atom stereocenters. The molecule has 130 valence electrons. The van der Waals surface area contributed by atoms with E-state index >= 15 is 0 Å². The van der Waals surface area contributed by atoms with Crippen LogP contribution in [0.25, 0.3) is 5.76 Å². The maximum atomic E-state index is 13.0. The van der Waals surface area contributed by atoms with Gasteiger partial charge in [-0.3, -0.25) is 14.4 Å². The van der Waals surface area contributed by atoms with E-state index in [1.807, 2.05) is 6.92 Å². The number of hydrogen-bond acceptors (Lipinski definition) is 5. The molecule has 3 aliphatic rings. The normalized spacial score (nSPS) is 23.7. The van der Waals surface area contributed by atoms with Crippen molar-refractivity contribution in [3.05, 3.63) is 62.6 Å². The van der Waals surface area contributed by atoms with E-state index in [2.05, 4.69) is 0 Å². The molecule has 2 aromatic rings. The number of Topliss-reactive ketones (excluding diaryl/α,β-unsaturated/α-hetero) is 2. The lowest BCUT2D eigenvalue weighted by atomic mass is 9.62. The Kier molecular flexibility index (Phi) is 2.84. The first-order valence-electron chi connectivity index (χ1n) is 8.37. The number of aryl methyl sites for hydroxylation is 1. The Hall–Kier alpha value is -2.66. The molecule has 6 heteroatoms. The fourth-order valence-electron chi connectivity index (χ4n) is 4.57. The third kappa shape index (κ3) is 1.64. The van der Waals surface area contributed by atoms with E-state index in [0.29, 0.717) is 16.9 Å². The van der Waals surface area contributed by atoms with Crippen LogP contribution < -0.4 is 0 Å². The number of aliphatic hydroxyl groups excluding tert-OH is 1. The number of rotatable bonds is 0. The van der Waals surface area contributed by atoms with E-state index in [1.165, 1.54) is 6.07 Å². The predicted octanol–water partition coefficient (Wildman–Crippen LogP) is 3.70. The summed E-state index contributed by atoms with van der Waals surface area (Å²) in [5.74, 6) is -2.13. The van der Waals surface area contributed by atoms with Gasteiger partial charge in [0.05, 0.1) is 6.26 Å². The molecule has 0 aliphatic heterocycles. The molecule has 1 atom stereocenters. The standard InChI is InChI=1S/C20H13ClO5/c1-20-4-2-3-8-7-26-19(13(8)20)17(24)11-5-9-10(6-12(11)20)16(23)18(25)14(21)15(9)22/h5-7,22H,2-4H2,1H3/t20-/m0/s1. The Balaban J connectivity index is 1.86. The van der Waals surface area contributed by atoms with Crippen molar-refractivity contribution in [3.8, 4) is 0 Å². The van der Waals surface area contributed by atoms with E-state index in [-0.39, 0.29) is 16.9 Å². The summed E-state index contributed by atoms with van der Waals surface area (Å²) in [6.07, 6.45) is 4.21. The zero-order valence-corrected chi connectivity index (χ0v) is 14.6. The summed E-state index contributed by atoms with van der Waals surface area (Å²) in [6, 6.07) is 3.04. The summed E-state index contributed by atoms with van der Waals surface area (Å²) >= 11 is 5.79. The Labute approximate surface area is 153 Å². The van der Waals surface area contributed by atoms with Crippen LogP contribution in [-0.4, -0.2) is 22.5 Å². The molecule has 0 radical (unpaired) electrons. The highest BCUT2D eigenvalue weighted by Gasteiger charge is 2.47. The molecule has 5 rings (SSSR count). The molecule has 0 saturated heterocycles. The first kappa shape index (κ1) is 15.6. The van der Waals surface area contributed by atoms with Crippen LogP contribution in [0.1, 0.15) is 68.5 Å². The molecular formula is C20H13ClO5. The molecule has 5 nitrogen and oxygen atoms in total. The third-order valence-electron chi connectivity index (χ3n) is 5.86. The molecule has 1 N–H and O–H groups in total. The van der Waals surface area contributed by atoms with Gasteiger partial charge in [-0.05, 0) is 42.5 Å². The van der Waals surface area contributed by atoms with Gasteiger partial charge in [-0.1, -0.05) is 18.5 Å². The average molecular weight is 369 g/mol. The number of carbonyl (C=O) groups is 3. The Morgan fingerprint density at radius 2 is 1.85 bits per heavy atom. The van der Waals surface area contributed by atoms with Crippen LogP contribution in [-0.2, 0) is 16.6 Å². The van der Waals surface area contributed by atoms with Crippen molar-refractivity contribution in [1.29, 1.82) is 0 Å². The van der Waals surface area contributed by atoms with Crippen LogP contribution in [0.5, 0.6) is 0 Å². The maximum absolute atomic E-state index is 13.0. The summed E-state index contributed by atoms with van der Waals surface area (Å²) in [5, 5.41) is 9.73. The molecule has 0 fully saturated rings. The number of carbonyl (C=O) groups excluding carboxylic acids is 3. The van der Waals surface area contributed by atoms with E-state index in [0.717, 1.165) is 30.4 Å². The highest BCUT2D eigenvalue weighted by molar-refractivity contribution is 6.64. The first-order valence-corrected chi connectivity index (χ1v) is 8.74. The minimum absolute atomic E-state index is 0.0868. The topological polar surface area (TPSA) is 84.6 Å². The molecule has 1 heterocycles. The summed E-state index contributed by atoms with van der Waals surface area (Å²) in [7, 11) is 0. The van der Waals surface area contributed by atoms with Crippen LogP contribution in [0.4, 0.5) is 0 Å². The van der Waals surface area contributed by atoms with Crippen molar-refractivity contribution in [3.63, 3.8) is 0 Å².